The third kappa shape index (κ3) is 3.12. The minimum absolute atomic E-state index is 0.0796. The Morgan fingerprint density at radius 1 is 0.944 bits per heavy atom. The minimum atomic E-state index is -0.201. The van der Waals surface area contributed by atoms with Gasteiger partial charge in [-0.05, 0) is 25.3 Å². The van der Waals surface area contributed by atoms with Gasteiger partial charge in [-0.25, -0.2) is 0 Å². The molecule has 1 aromatic rings. The Hall–Kier alpha value is -0.860. The van der Waals surface area contributed by atoms with E-state index in [-0.39, 0.29) is 11.7 Å². The summed E-state index contributed by atoms with van der Waals surface area (Å²) >= 11 is 0. The summed E-state index contributed by atoms with van der Waals surface area (Å²) in [5, 5.41) is 0. The molecule has 0 bridgehead atoms. The monoisotopic (exact) mass is 250 g/mol. The predicted octanol–water partition coefficient (Wildman–Crippen LogP) is 4.05. The molecule has 1 rings (SSSR count). The van der Waals surface area contributed by atoms with E-state index in [2.05, 4.69) is 52.8 Å². The van der Waals surface area contributed by atoms with E-state index < -0.39 is 0 Å². The van der Waals surface area contributed by atoms with E-state index >= 15 is 0 Å². The second kappa shape index (κ2) is 5.85. The fourth-order valence-corrected chi connectivity index (χ4v) is 2.60. The Kier molecular flexibility index (Phi) is 4.94. The van der Waals surface area contributed by atoms with E-state index in [1.54, 1.807) is 14.2 Å². The van der Waals surface area contributed by atoms with Crippen LogP contribution in [0.25, 0.3) is 0 Å². The van der Waals surface area contributed by atoms with Crippen molar-refractivity contribution < 1.29 is 9.47 Å². The van der Waals surface area contributed by atoms with Crippen molar-refractivity contribution in [3.8, 4) is 0 Å². The molecule has 2 heteroatoms. The molecule has 0 heterocycles. The Morgan fingerprint density at radius 2 is 1.39 bits per heavy atom. The summed E-state index contributed by atoms with van der Waals surface area (Å²) in [6.07, 6.45) is -0.201. The average molecular weight is 250 g/mol. The van der Waals surface area contributed by atoms with Crippen molar-refractivity contribution >= 4 is 0 Å². The molecule has 0 aromatic heterocycles. The van der Waals surface area contributed by atoms with Gasteiger partial charge in [0.05, 0.1) is 0 Å². The number of benzene rings is 1. The van der Waals surface area contributed by atoms with Gasteiger partial charge in [0.25, 0.3) is 0 Å². The van der Waals surface area contributed by atoms with Crippen molar-refractivity contribution in [2.45, 2.75) is 46.8 Å². The lowest BCUT2D eigenvalue weighted by molar-refractivity contribution is -0.173. The Labute approximate surface area is 111 Å². The first kappa shape index (κ1) is 15.2. The molecule has 0 spiro atoms. The van der Waals surface area contributed by atoms with E-state index in [0.717, 1.165) is 0 Å². The van der Waals surface area contributed by atoms with Gasteiger partial charge in [0, 0.05) is 19.6 Å². The molecule has 0 saturated heterocycles. The van der Waals surface area contributed by atoms with E-state index in [1.807, 2.05) is 0 Å². The molecule has 0 radical (unpaired) electrons. The van der Waals surface area contributed by atoms with Crippen molar-refractivity contribution in [1.29, 1.82) is 0 Å². The molecule has 1 atom stereocenters. The Bertz CT molecular complexity index is 372. The van der Waals surface area contributed by atoms with Gasteiger partial charge >= 0.3 is 0 Å². The van der Waals surface area contributed by atoms with E-state index in [9.17, 15) is 0 Å². The van der Waals surface area contributed by atoms with Gasteiger partial charge in [-0.15, -0.1) is 0 Å². The molecule has 0 aliphatic rings. The first-order chi connectivity index (χ1) is 8.32. The summed E-state index contributed by atoms with van der Waals surface area (Å²) in [4.78, 5) is 0. The minimum Gasteiger partial charge on any atom is -0.355 e. The van der Waals surface area contributed by atoms with Crippen LogP contribution in [0.5, 0.6) is 0 Å². The van der Waals surface area contributed by atoms with Crippen LogP contribution < -0.4 is 0 Å². The number of ether oxygens (including phenoxy) is 2. The van der Waals surface area contributed by atoms with Crippen LogP contribution in [0.3, 0.4) is 0 Å². The van der Waals surface area contributed by atoms with Gasteiger partial charge in [0.1, 0.15) is 0 Å². The van der Waals surface area contributed by atoms with Crippen LogP contribution in [0.4, 0.5) is 0 Å². The smallest absolute Gasteiger partial charge is 0.162 e. The molecule has 1 aromatic carbocycles. The normalized spacial score (nSPS) is 14.0. The van der Waals surface area contributed by atoms with Crippen LogP contribution in [0.2, 0.25) is 0 Å². The zero-order valence-corrected chi connectivity index (χ0v) is 12.7. The highest BCUT2D eigenvalue weighted by Crippen LogP contribution is 2.40. The highest BCUT2D eigenvalue weighted by molar-refractivity contribution is 5.31. The maximum absolute atomic E-state index is 5.45. The Morgan fingerprint density at radius 3 is 1.78 bits per heavy atom. The lowest BCUT2D eigenvalue weighted by Crippen LogP contribution is -2.37. The van der Waals surface area contributed by atoms with Crippen LogP contribution in [0.15, 0.2) is 18.2 Å². The van der Waals surface area contributed by atoms with E-state index in [0.29, 0.717) is 5.92 Å². The molecule has 0 amide bonds. The molecule has 0 aliphatic heterocycles. The first-order valence-corrected chi connectivity index (χ1v) is 6.46. The number of aryl methyl sites for hydroxylation is 2. The van der Waals surface area contributed by atoms with Crippen molar-refractivity contribution in [3.05, 3.63) is 34.9 Å². The fraction of sp³-hybridized carbons (Fsp3) is 0.625. The zero-order chi connectivity index (χ0) is 13.9. The van der Waals surface area contributed by atoms with Gasteiger partial charge in [0.2, 0.25) is 0 Å². The molecular formula is C16H26O2. The lowest BCUT2D eigenvalue weighted by Gasteiger charge is -2.37. The first-order valence-electron chi connectivity index (χ1n) is 6.46. The number of methoxy groups -OCH3 is 2. The van der Waals surface area contributed by atoms with Crippen LogP contribution >= 0.6 is 0 Å². The molecule has 1 unspecified atom stereocenters. The van der Waals surface area contributed by atoms with Crippen molar-refractivity contribution in [3.63, 3.8) is 0 Å². The molecule has 18 heavy (non-hydrogen) atoms. The van der Waals surface area contributed by atoms with Gasteiger partial charge in [0.15, 0.2) is 6.29 Å². The fourth-order valence-electron chi connectivity index (χ4n) is 2.60. The summed E-state index contributed by atoms with van der Waals surface area (Å²) in [6.45, 7) is 10.9. The van der Waals surface area contributed by atoms with E-state index in [1.165, 1.54) is 16.7 Å². The van der Waals surface area contributed by atoms with Gasteiger partial charge < -0.3 is 9.47 Å². The van der Waals surface area contributed by atoms with Crippen molar-refractivity contribution in [2.75, 3.05) is 14.2 Å². The SMILES string of the molecule is COC(OC)C(C)(C)C(C)c1cc(C)cc(C)c1. The second-order valence-corrected chi connectivity index (χ2v) is 5.77. The van der Waals surface area contributed by atoms with Gasteiger partial charge in [-0.3, -0.25) is 0 Å². The van der Waals surface area contributed by atoms with E-state index in [4.69, 9.17) is 9.47 Å². The maximum atomic E-state index is 5.45. The molecule has 0 N–H and O–H groups in total. The number of rotatable bonds is 5. The highest BCUT2D eigenvalue weighted by atomic mass is 16.7. The quantitative estimate of drug-likeness (QED) is 0.734. The van der Waals surface area contributed by atoms with Crippen LogP contribution in [-0.2, 0) is 9.47 Å². The van der Waals surface area contributed by atoms with Crippen molar-refractivity contribution in [2.24, 2.45) is 5.41 Å². The molecule has 0 aliphatic carbocycles. The zero-order valence-electron chi connectivity index (χ0n) is 12.7. The summed E-state index contributed by atoms with van der Waals surface area (Å²) in [7, 11) is 3.40. The number of hydrogen-bond acceptors (Lipinski definition) is 2. The molecule has 102 valence electrons. The number of hydrogen-bond donors (Lipinski definition) is 0. The lowest BCUT2D eigenvalue weighted by atomic mass is 9.75. The van der Waals surface area contributed by atoms with Gasteiger partial charge in [-0.2, -0.15) is 0 Å². The van der Waals surface area contributed by atoms with Crippen LogP contribution in [0.1, 0.15) is 43.4 Å². The molecule has 2 nitrogen and oxygen atoms in total. The van der Waals surface area contributed by atoms with Crippen molar-refractivity contribution in [1.82, 2.24) is 0 Å². The topological polar surface area (TPSA) is 18.5 Å². The highest BCUT2D eigenvalue weighted by Gasteiger charge is 2.36. The third-order valence-electron chi connectivity index (χ3n) is 3.90. The summed E-state index contributed by atoms with van der Waals surface area (Å²) in [5.74, 6) is 0.362. The second-order valence-electron chi connectivity index (χ2n) is 5.77. The molecule has 0 fully saturated rings. The van der Waals surface area contributed by atoms with Gasteiger partial charge in [-0.1, -0.05) is 50.1 Å². The predicted molar refractivity (Wildman–Crippen MR) is 75.9 cm³/mol. The Balaban J connectivity index is 3.08. The standard InChI is InChI=1S/C16H26O2/c1-11-8-12(2)10-14(9-11)13(3)16(4,5)15(17-6)18-7/h8-10,13,15H,1-7H3. The van der Waals surface area contributed by atoms with Crippen LogP contribution in [-0.4, -0.2) is 20.5 Å². The molecular weight excluding hydrogens is 224 g/mol. The maximum Gasteiger partial charge on any atom is 0.162 e. The average Bonchev–Trinajstić information content (AvgIpc) is 2.27. The largest absolute Gasteiger partial charge is 0.355 e. The summed E-state index contributed by atoms with van der Waals surface area (Å²) < 4.78 is 10.9. The summed E-state index contributed by atoms with van der Waals surface area (Å²) in [5.41, 5.74) is 3.87. The van der Waals surface area contributed by atoms with Crippen LogP contribution in [0, 0.1) is 19.3 Å². The third-order valence-corrected chi connectivity index (χ3v) is 3.90. The molecule has 0 saturated carbocycles. The summed E-state index contributed by atoms with van der Waals surface area (Å²) in [6, 6.07) is 6.71.